The molecular formula is C25H29N3O2. The zero-order valence-electron chi connectivity index (χ0n) is 17.4. The molecule has 0 radical (unpaired) electrons. The summed E-state index contributed by atoms with van der Waals surface area (Å²) in [7, 11) is 0. The Balaban J connectivity index is 1.42. The summed E-state index contributed by atoms with van der Waals surface area (Å²) in [5, 5.41) is 15.2. The van der Waals surface area contributed by atoms with Crippen LogP contribution in [0.25, 0.3) is 0 Å². The lowest BCUT2D eigenvalue weighted by molar-refractivity contribution is 0.0461. The lowest BCUT2D eigenvalue weighted by atomic mass is 9.87. The molecule has 1 aliphatic rings. The first-order chi connectivity index (χ1) is 14.7. The molecular weight excluding hydrogens is 374 g/mol. The first kappa shape index (κ1) is 20.4. The van der Waals surface area contributed by atoms with Crippen molar-refractivity contribution < 1.29 is 9.90 Å². The fourth-order valence-electron chi connectivity index (χ4n) is 4.37. The first-order valence-electron chi connectivity index (χ1n) is 10.8. The molecule has 1 fully saturated rings. The number of carbonyl (C=O) groups excluding carboxylic acids is 1. The summed E-state index contributed by atoms with van der Waals surface area (Å²) in [6.07, 6.45) is 3.62. The molecule has 0 bridgehead atoms. The van der Waals surface area contributed by atoms with Gasteiger partial charge in [-0.1, -0.05) is 67.6 Å². The third-order valence-corrected chi connectivity index (χ3v) is 6.10. The summed E-state index contributed by atoms with van der Waals surface area (Å²) in [4.78, 5) is 15.1. The van der Waals surface area contributed by atoms with E-state index in [9.17, 15) is 9.90 Å². The fraction of sp³-hybridized carbons (Fsp3) is 0.360. The first-order valence-corrected chi connectivity index (χ1v) is 10.8. The highest BCUT2D eigenvalue weighted by molar-refractivity contribution is 5.95. The quantitative estimate of drug-likeness (QED) is 0.675. The summed E-state index contributed by atoms with van der Waals surface area (Å²) in [5.41, 5.74) is 3.81. The molecule has 156 valence electrons. The Morgan fingerprint density at radius 3 is 2.33 bits per heavy atom. The number of piperidine rings is 1. The minimum atomic E-state index is -0.469. The van der Waals surface area contributed by atoms with Gasteiger partial charge in [0, 0.05) is 13.1 Å². The van der Waals surface area contributed by atoms with Crippen LogP contribution < -0.4 is 0 Å². The lowest BCUT2D eigenvalue weighted by Crippen LogP contribution is -2.40. The monoisotopic (exact) mass is 403 g/mol. The highest BCUT2D eigenvalue weighted by Gasteiger charge is 2.30. The van der Waals surface area contributed by atoms with Gasteiger partial charge in [-0.3, -0.25) is 9.48 Å². The minimum Gasteiger partial charge on any atom is -0.388 e. The largest absolute Gasteiger partial charge is 0.388 e. The molecule has 0 aliphatic carbocycles. The van der Waals surface area contributed by atoms with E-state index in [0.717, 1.165) is 30.5 Å². The van der Waals surface area contributed by atoms with E-state index in [1.165, 1.54) is 5.56 Å². The molecule has 4 rings (SSSR count). The number of aliphatic hydroxyl groups excluding tert-OH is 1. The Labute approximate surface area is 178 Å². The van der Waals surface area contributed by atoms with Crippen LogP contribution in [0.2, 0.25) is 0 Å². The van der Waals surface area contributed by atoms with Crippen molar-refractivity contribution in [3.05, 3.63) is 89.2 Å². The van der Waals surface area contributed by atoms with Crippen molar-refractivity contribution in [2.45, 2.75) is 38.8 Å². The van der Waals surface area contributed by atoms with E-state index in [-0.39, 0.29) is 11.8 Å². The van der Waals surface area contributed by atoms with Crippen LogP contribution in [0.15, 0.2) is 66.9 Å². The summed E-state index contributed by atoms with van der Waals surface area (Å²) in [5.74, 6) is 0.238. The van der Waals surface area contributed by atoms with Crippen molar-refractivity contribution in [3.8, 4) is 0 Å². The number of carbonyl (C=O) groups is 1. The molecule has 3 aromatic rings. The second-order valence-electron chi connectivity index (χ2n) is 7.99. The van der Waals surface area contributed by atoms with Crippen molar-refractivity contribution in [2.24, 2.45) is 5.92 Å². The number of likely N-dealkylation sites (tertiary alicyclic amines) is 1. The van der Waals surface area contributed by atoms with Crippen LogP contribution in [0.5, 0.6) is 0 Å². The molecule has 0 saturated carbocycles. The number of benzene rings is 2. The van der Waals surface area contributed by atoms with Gasteiger partial charge in [-0.25, -0.2) is 0 Å². The molecule has 5 heteroatoms. The highest BCUT2D eigenvalue weighted by atomic mass is 16.3. The average Bonchev–Trinajstić information content (AvgIpc) is 3.22. The SMILES string of the molecule is CCc1c(C(=O)N2CCC(C(O)c3ccccc3)CC2)cnn1Cc1ccccc1. The molecule has 0 spiro atoms. The van der Waals surface area contributed by atoms with Crippen LogP contribution in [-0.2, 0) is 13.0 Å². The van der Waals surface area contributed by atoms with E-state index < -0.39 is 6.10 Å². The molecule has 1 amide bonds. The standard InChI is InChI=1S/C25H29N3O2/c1-2-23-22(17-26-28(23)18-19-9-5-3-6-10-19)25(30)27-15-13-21(14-16-27)24(29)20-11-7-4-8-12-20/h3-12,17,21,24,29H,2,13-16,18H2,1H3. The van der Waals surface area contributed by atoms with Gasteiger partial charge in [0.05, 0.1) is 30.1 Å². The van der Waals surface area contributed by atoms with Crippen molar-refractivity contribution >= 4 is 5.91 Å². The average molecular weight is 404 g/mol. The minimum absolute atomic E-state index is 0.0545. The summed E-state index contributed by atoms with van der Waals surface area (Å²) in [6, 6.07) is 20.0. The molecule has 1 N–H and O–H groups in total. The van der Waals surface area contributed by atoms with Crippen molar-refractivity contribution in [3.63, 3.8) is 0 Å². The maximum absolute atomic E-state index is 13.2. The molecule has 2 aromatic carbocycles. The predicted octanol–water partition coefficient (Wildman–Crippen LogP) is 4.08. The summed E-state index contributed by atoms with van der Waals surface area (Å²) >= 11 is 0. The normalized spacial score (nSPS) is 15.9. The molecule has 5 nitrogen and oxygen atoms in total. The van der Waals surface area contributed by atoms with E-state index in [1.54, 1.807) is 6.20 Å². The van der Waals surface area contributed by atoms with Crippen molar-refractivity contribution in [2.75, 3.05) is 13.1 Å². The van der Waals surface area contributed by atoms with E-state index in [1.807, 2.05) is 58.1 Å². The molecule has 2 heterocycles. The number of amides is 1. The number of rotatable bonds is 6. The molecule has 1 atom stereocenters. The van der Waals surface area contributed by atoms with Crippen LogP contribution in [0.4, 0.5) is 0 Å². The highest BCUT2D eigenvalue weighted by Crippen LogP contribution is 2.31. The van der Waals surface area contributed by atoms with Gasteiger partial charge < -0.3 is 10.0 Å². The number of hydrogen-bond donors (Lipinski definition) is 1. The topological polar surface area (TPSA) is 58.4 Å². The molecule has 1 aliphatic heterocycles. The van der Waals surface area contributed by atoms with Gasteiger partial charge in [0.15, 0.2) is 0 Å². The Morgan fingerprint density at radius 1 is 1.07 bits per heavy atom. The maximum Gasteiger partial charge on any atom is 0.257 e. The lowest BCUT2D eigenvalue weighted by Gasteiger charge is -2.34. The Kier molecular flexibility index (Phi) is 6.29. The number of aromatic nitrogens is 2. The van der Waals surface area contributed by atoms with E-state index >= 15 is 0 Å². The predicted molar refractivity (Wildman–Crippen MR) is 117 cm³/mol. The second kappa shape index (κ2) is 9.26. The van der Waals surface area contributed by atoms with Gasteiger partial charge in [-0.15, -0.1) is 0 Å². The fourth-order valence-corrected chi connectivity index (χ4v) is 4.37. The van der Waals surface area contributed by atoms with Gasteiger partial charge >= 0.3 is 0 Å². The van der Waals surface area contributed by atoms with Gasteiger partial charge in [-0.05, 0) is 36.3 Å². The van der Waals surface area contributed by atoms with E-state index in [2.05, 4.69) is 24.2 Å². The molecule has 1 aromatic heterocycles. The maximum atomic E-state index is 13.2. The zero-order chi connectivity index (χ0) is 20.9. The molecule has 1 saturated heterocycles. The second-order valence-corrected chi connectivity index (χ2v) is 7.99. The van der Waals surface area contributed by atoms with Gasteiger partial charge in [0.2, 0.25) is 0 Å². The Hall–Kier alpha value is -2.92. The van der Waals surface area contributed by atoms with E-state index in [4.69, 9.17) is 0 Å². The zero-order valence-corrected chi connectivity index (χ0v) is 17.4. The van der Waals surface area contributed by atoms with Crippen LogP contribution in [0, 0.1) is 5.92 Å². The molecule has 30 heavy (non-hydrogen) atoms. The van der Waals surface area contributed by atoms with Crippen LogP contribution in [0.3, 0.4) is 0 Å². The Bertz CT molecular complexity index is 961. The molecule has 1 unspecified atom stereocenters. The van der Waals surface area contributed by atoms with Crippen molar-refractivity contribution in [1.29, 1.82) is 0 Å². The van der Waals surface area contributed by atoms with Crippen LogP contribution in [-0.4, -0.2) is 38.8 Å². The smallest absolute Gasteiger partial charge is 0.257 e. The third kappa shape index (κ3) is 4.31. The van der Waals surface area contributed by atoms with Gasteiger partial charge in [0.1, 0.15) is 0 Å². The van der Waals surface area contributed by atoms with Crippen LogP contribution >= 0.6 is 0 Å². The Morgan fingerprint density at radius 2 is 1.70 bits per heavy atom. The third-order valence-electron chi connectivity index (χ3n) is 6.10. The van der Waals surface area contributed by atoms with Gasteiger partial charge in [-0.2, -0.15) is 5.10 Å². The van der Waals surface area contributed by atoms with Crippen molar-refractivity contribution in [1.82, 2.24) is 14.7 Å². The summed E-state index contributed by atoms with van der Waals surface area (Å²) < 4.78 is 1.94. The number of nitrogens with zero attached hydrogens (tertiary/aromatic N) is 3. The number of aliphatic hydroxyl groups is 1. The van der Waals surface area contributed by atoms with Gasteiger partial charge in [0.25, 0.3) is 5.91 Å². The van der Waals surface area contributed by atoms with E-state index in [0.29, 0.717) is 25.2 Å². The summed E-state index contributed by atoms with van der Waals surface area (Å²) in [6.45, 7) is 4.07. The van der Waals surface area contributed by atoms with Crippen LogP contribution in [0.1, 0.15) is 53.0 Å². The number of hydrogen-bond acceptors (Lipinski definition) is 3.